The van der Waals surface area contributed by atoms with Crippen LogP contribution in [0.4, 0.5) is 0 Å². The summed E-state index contributed by atoms with van der Waals surface area (Å²) >= 11 is 0. The Bertz CT molecular complexity index is 1600. The fourth-order valence-electron chi connectivity index (χ4n) is 4.63. The van der Waals surface area contributed by atoms with E-state index >= 15 is 0 Å². The highest BCUT2D eigenvalue weighted by Gasteiger charge is 2.24. The molecule has 0 aliphatic carbocycles. The quantitative estimate of drug-likeness (QED) is 0.368. The lowest BCUT2D eigenvalue weighted by molar-refractivity contribution is 0.0933. The summed E-state index contributed by atoms with van der Waals surface area (Å²) in [6.45, 7) is 1.99. The van der Waals surface area contributed by atoms with Gasteiger partial charge in [0.15, 0.2) is 5.69 Å². The van der Waals surface area contributed by atoms with Crippen LogP contribution in [0.1, 0.15) is 29.4 Å². The van der Waals surface area contributed by atoms with Gasteiger partial charge in [0.2, 0.25) is 0 Å². The first kappa shape index (κ1) is 23.4. The number of para-hydroxylation sites is 1. The van der Waals surface area contributed by atoms with Gasteiger partial charge in [-0.1, -0.05) is 48.5 Å². The van der Waals surface area contributed by atoms with Gasteiger partial charge in [-0.3, -0.25) is 9.59 Å². The van der Waals surface area contributed by atoms with Crippen molar-refractivity contribution >= 4 is 27.7 Å². The Morgan fingerprint density at radius 1 is 1.00 bits per heavy atom. The van der Waals surface area contributed by atoms with E-state index in [9.17, 15) is 9.59 Å². The highest BCUT2D eigenvalue weighted by molar-refractivity contribution is 6.16. The predicted octanol–water partition coefficient (Wildman–Crippen LogP) is 4.64. The molecule has 0 fully saturated rings. The van der Waals surface area contributed by atoms with Crippen molar-refractivity contribution < 1.29 is 9.53 Å². The number of hydrogen-bond acceptors (Lipinski definition) is 4. The lowest BCUT2D eigenvalue weighted by Crippen LogP contribution is -2.35. The van der Waals surface area contributed by atoms with E-state index in [1.54, 1.807) is 31.4 Å². The number of carbonyl (C=O) groups is 1. The molecular weight excluding hydrogens is 452 g/mol. The van der Waals surface area contributed by atoms with E-state index in [1.807, 2.05) is 61.0 Å². The number of benzene rings is 3. The Morgan fingerprint density at radius 3 is 2.42 bits per heavy atom. The van der Waals surface area contributed by atoms with E-state index in [4.69, 9.17) is 4.74 Å². The maximum absolute atomic E-state index is 13.6. The lowest BCUT2D eigenvalue weighted by atomic mass is 10.1. The van der Waals surface area contributed by atoms with Gasteiger partial charge in [0, 0.05) is 29.4 Å². The predicted molar refractivity (Wildman–Crippen MR) is 142 cm³/mol. The van der Waals surface area contributed by atoms with Gasteiger partial charge in [-0.15, -0.1) is 0 Å². The van der Waals surface area contributed by atoms with Crippen molar-refractivity contribution in [2.45, 2.75) is 25.8 Å². The number of ether oxygens (including phenoxy) is 1. The molecule has 2 heterocycles. The molecule has 0 saturated heterocycles. The molecule has 0 aliphatic rings. The minimum Gasteiger partial charge on any atom is -0.497 e. The maximum Gasteiger partial charge on any atom is 0.296 e. The number of carbonyl (C=O) groups excluding carboxylic acids is 1. The summed E-state index contributed by atoms with van der Waals surface area (Å²) in [7, 11) is 3.43. The van der Waals surface area contributed by atoms with E-state index in [0.29, 0.717) is 22.3 Å². The zero-order valence-corrected chi connectivity index (χ0v) is 20.6. The van der Waals surface area contributed by atoms with Crippen LogP contribution in [0.15, 0.2) is 83.7 Å². The molecule has 7 nitrogen and oxygen atoms in total. The number of nitrogens with zero attached hydrogens (tertiary/aromatic N) is 3. The van der Waals surface area contributed by atoms with Gasteiger partial charge in [0.1, 0.15) is 11.3 Å². The third kappa shape index (κ3) is 4.24. The van der Waals surface area contributed by atoms with Crippen LogP contribution in [0.25, 0.3) is 27.5 Å². The first-order valence-corrected chi connectivity index (χ1v) is 12.0. The molecule has 0 aliphatic heterocycles. The number of rotatable bonds is 7. The van der Waals surface area contributed by atoms with Crippen molar-refractivity contribution in [1.29, 1.82) is 0 Å². The van der Waals surface area contributed by atoms with Gasteiger partial charge in [-0.2, -0.15) is 9.78 Å². The van der Waals surface area contributed by atoms with Gasteiger partial charge in [0.05, 0.1) is 12.8 Å². The number of aromatic nitrogens is 3. The number of nitrogens with one attached hydrogen (secondary N) is 1. The third-order valence-electron chi connectivity index (χ3n) is 6.56. The topological polar surface area (TPSA) is 78.2 Å². The Balaban J connectivity index is 1.59. The van der Waals surface area contributed by atoms with E-state index in [1.165, 1.54) is 10.2 Å². The van der Waals surface area contributed by atoms with Crippen molar-refractivity contribution in [2.75, 3.05) is 7.11 Å². The average Bonchev–Trinajstić information content (AvgIpc) is 3.21. The van der Waals surface area contributed by atoms with Crippen LogP contribution in [0, 0.1) is 0 Å². The second-order valence-corrected chi connectivity index (χ2v) is 8.96. The largest absolute Gasteiger partial charge is 0.497 e. The minimum atomic E-state index is -0.306. The van der Waals surface area contributed by atoms with E-state index < -0.39 is 0 Å². The molecule has 3 aromatic carbocycles. The normalized spacial score (nSPS) is 12.1. The Kier molecular flexibility index (Phi) is 6.29. The Morgan fingerprint density at radius 2 is 1.69 bits per heavy atom. The molecule has 1 amide bonds. The molecule has 0 bridgehead atoms. The highest BCUT2D eigenvalue weighted by Crippen LogP contribution is 2.28. The molecule has 0 unspecified atom stereocenters. The van der Waals surface area contributed by atoms with E-state index in [2.05, 4.69) is 22.5 Å². The molecule has 0 saturated carbocycles. The molecule has 1 N–H and O–H groups in total. The SMILES string of the molecule is COc1ccc(-n2nc(C(=O)N[C@@H](C)CCc3ccccc3)c3c4ccccc4n(C)c3c2=O)cc1. The van der Waals surface area contributed by atoms with Gasteiger partial charge in [0.25, 0.3) is 11.5 Å². The lowest BCUT2D eigenvalue weighted by Gasteiger charge is -2.15. The molecule has 5 rings (SSSR count). The molecule has 182 valence electrons. The molecule has 0 radical (unpaired) electrons. The fraction of sp³-hybridized carbons (Fsp3) is 0.207. The zero-order valence-electron chi connectivity index (χ0n) is 20.6. The van der Waals surface area contributed by atoms with Crippen molar-refractivity contribution in [1.82, 2.24) is 19.7 Å². The molecule has 7 heteroatoms. The van der Waals surface area contributed by atoms with Gasteiger partial charge in [-0.25, -0.2) is 0 Å². The summed E-state index contributed by atoms with van der Waals surface area (Å²) in [6, 6.07) is 24.8. The number of aryl methyl sites for hydroxylation is 2. The van der Waals surface area contributed by atoms with Crippen molar-refractivity contribution in [3.05, 3.63) is 100 Å². The van der Waals surface area contributed by atoms with Crippen LogP contribution in [0.3, 0.4) is 0 Å². The molecule has 36 heavy (non-hydrogen) atoms. The van der Waals surface area contributed by atoms with Crippen LogP contribution < -0.4 is 15.6 Å². The summed E-state index contributed by atoms with van der Waals surface area (Å²) in [5, 5.41) is 9.09. The maximum atomic E-state index is 13.6. The van der Waals surface area contributed by atoms with Crippen LogP contribution >= 0.6 is 0 Å². The molecule has 5 aromatic rings. The highest BCUT2D eigenvalue weighted by atomic mass is 16.5. The zero-order chi connectivity index (χ0) is 25.2. The summed E-state index contributed by atoms with van der Waals surface area (Å²) in [6.07, 6.45) is 1.64. The molecule has 0 spiro atoms. The van der Waals surface area contributed by atoms with Crippen LogP contribution in [-0.4, -0.2) is 33.4 Å². The number of hydrogen-bond donors (Lipinski definition) is 1. The summed E-state index contributed by atoms with van der Waals surface area (Å²) in [5.74, 6) is 0.363. The Hall–Kier alpha value is -4.39. The summed E-state index contributed by atoms with van der Waals surface area (Å²) in [4.78, 5) is 27.3. The molecule has 2 aromatic heterocycles. The first-order valence-electron chi connectivity index (χ1n) is 12.0. The van der Waals surface area contributed by atoms with Crippen molar-refractivity contribution in [3.63, 3.8) is 0 Å². The minimum absolute atomic E-state index is 0.0779. The molecule has 1 atom stereocenters. The fourth-order valence-corrected chi connectivity index (χ4v) is 4.63. The van der Waals surface area contributed by atoms with Gasteiger partial charge >= 0.3 is 0 Å². The van der Waals surface area contributed by atoms with E-state index in [0.717, 1.165) is 23.7 Å². The van der Waals surface area contributed by atoms with Crippen LogP contribution in [0.2, 0.25) is 0 Å². The second kappa shape index (κ2) is 9.70. The monoisotopic (exact) mass is 480 g/mol. The average molecular weight is 481 g/mol. The van der Waals surface area contributed by atoms with Crippen LogP contribution in [-0.2, 0) is 13.5 Å². The van der Waals surface area contributed by atoms with Gasteiger partial charge < -0.3 is 14.6 Å². The second-order valence-electron chi connectivity index (χ2n) is 8.96. The van der Waals surface area contributed by atoms with Crippen molar-refractivity contribution in [3.8, 4) is 11.4 Å². The Labute approximate surface area is 208 Å². The number of fused-ring (bicyclic) bond motifs is 3. The first-order chi connectivity index (χ1) is 17.5. The summed E-state index contributed by atoms with van der Waals surface area (Å²) < 4.78 is 8.38. The third-order valence-corrected chi connectivity index (χ3v) is 6.56. The smallest absolute Gasteiger partial charge is 0.296 e. The standard InChI is InChI=1S/C29H28N4O3/c1-19(13-14-20-9-5-4-6-10-20)30-28(34)26-25-23-11-7-8-12-24(23)32(2)27(25)29(35)33(31-26)21-15-17-22(36-3)18-16-21/h4-12,15-19H,13-14H2,1-3H3,(H,30,34)/t19-/m0/s1. The van der Waals surface area contributed by atoms with Crippen molar-refractivity contribution in [2.24, 2.45) is 7.05 Å². The van der Waals surface area contributed by atoms with Gasteiger partial charge in [-0.05, 0) is 55.7 Å². The van der Waals surface area contributed by atoms with Crippen LogP contribution in [0.5, 0.6) is 5.75 Å². The van der Waals surface area contributed by atoms with E-state index in [-0.39, 0.29) is 23.2 Å². The molecular formula is C29H28N4O3. The number of amides is 1. The summed E-state index contributed by atoms with van der Waals surface area (Å²) in [5.41, 5.74) is 3.01. The number of methoxy groups -OCH3 is 1.